The van der Waals surface area contributed by atoms with Gasteiger partial charge in [0.2, 0.25) is 0 Å². The van der Waals surface area contributed by atoms with Gasteiger partial charge in [-0.25, -0.2) is 0 Å². The normalized spacial score (nSPS) is 15.7. The van der Waals surface area contributed by atoms with Gasteiger partial charge in [0.05, 0.1) is 0 Å². The molecule has 3 N–H and O–H groups in total. The number of aliphatic carboxylic acids is 1. The Morgan fingerprint density at radius 3 is 2.00 bits per heavy atom. The molecular weight excluding hydrogens is 125 g/mol. The van der Waals surface area contributed by atoms with E-state index in [-0.39, 0.29) is 26.2 Å². The summed E-state index contributed by atoms with van der Waals surface area (Å²) in [6.07, 6.45) is 0. The fraction of sp³-hybridized carbons (Fsp3) is 0.833. The molecule has 0 fully saturated rings. The van der Waals surface area contributed by atoms with Crippen LogP contribution in [0.25, 0.3) is 0 Å². The molecule has 0 aromatic carbocycles. The van der Waals surface area contributed by atoms with E-state index in [1.807, 2.05) is 0 Å². The summed E-state index contributed by atoms with van der Waals surface area (Å²) in [5.41, 5.74) is 4.32. The van der Waals surface area contributed by atoms with Crippen molar-refractivity contribution < 1.29 is 30.2 Å². The van der Waals surface area contributed by atoms with Crippen molar-refractivity contribution in [2.75, 3.05) is 0 Å². The molecule has 3 nitrogen and oxygen atoms in total. The van der Waals surface area contributed by atoms with E-state index >= 15 is 0 Å². The second-order valence-electron chi connectivity index (χ2n) is 2.74. The Bertz CT molecular complexity index is 128. The van der Waals surface area contributed by atoms with Gasteiger partial charge in [-0.05, 0) is 12.8 Å². The molecule has 0 aliphatic heterocycles. The molecule has 0 heterocycles. The Morgan fingerprint density at radius 1 is 1.70 bits per heavy atom. The van der Waals surface area contributed by atoms with Crippen LogP contribution in [-0.2, 0) is 4.79 Å². The first-order valence-corrected chi connectivity index (χ1v) is 2.91. The summed E-state index contributed by atoms with van der Waals surface area (Å²) in [6.45, 7) is 5.09. The molecule has 1 unspecified atom stereocenters. The molecule has 0 aliphatic carbocycles. The fourth-order valence-electron chi connectivity index (χ4n) is 0.247. The van der Waals surface area contributed by atoms with Gasteiger partial charge in [-0.3, -0.25) is 4.79 Å². The molecule has 0 rings (SSSR count). The minimum Gasteiger partial charge on any atom is -1.00 e. The molecule has 4 heteroatoms. The van der Waals surface area contributed by atoms with E-state index < -0.39 is 11.5 Å². The average molecular weight is 139 g/mol. The van der Waals surface area contributed by atoms with Crippen molar-refractivity contribution in [2.45, 2.75) is 26.3 Å². The minimum atomic E-state index is -1.08. The largest absolute Gasteiger partial charge is 1.00 e. The maximum atomic E-state index is 10.3. The molecule has 0 bridgehead atoms. The van der Waals surface area contributed by atoms with E-state index in [0.29, 0.717) is 0 Å². The third kappa shape index (κ3) is 2.74. The van der Waals surface area contributed by atoms with Crippen molar-refractivity contribution in [2.24, 2.45) is 11.7 Å². The van der Waals surface area contributed by atoms with Gasteiger partial charge in [-0.1, -0.05) is 13.8 Å². The van der Waals surface area contributed by atoms with Crippen LogP contribution >= 0.6 is 0 Å². The number of nitrogens with two attached hydrogens (primary N) is 1. The first-order chi connectivity index (χ1) is 3.89. The quantitative estimate of drug-likeness (QED) is 0.418. The van der Waals surface area contributed by atoms with Crippen molar-refractivity contribution in [3.05, 3.63) is 0 Å². The molecule has 0 amide bonds. The van der Waals surface area contributed by atoms with Gasteiger partial charge in [0, 0.05) is 0 Å². The monoisotopic (exact) mass is 139 g/mol. The van der Waals surface area contributed by atoms with Crippen LogP contribution in [0.4, 0.5) is 0 Å². The van der Waals surface area contributed by atoms with Crippen molar-refractivity contribution in [1.82, 2.24) is 0 Å². The SMILES string of the molecule is CC(C)C(C)(N)C(=O)O.[H-].[Li+]. The fourth-order valence-corrected chi connectivity index (χ4v) is 0.247. The molecule has 1 atom stereocenters. The third-order valence-corrected chi connectivity index (χ3v) is 1.66. The van der Waals surface area contributed by atoms with Crippen LogP contribution in [0.15, 0.2) is 0 Å². The van der Waals surface area contributed by atoms with Gasteiger partial charge < -0.3 is 12.3 Å². The summed E-state index contributed by atoms with van der Waals surface area (Å²) in [4.78, 5) is 10.3. The molecule has 0 spiro atoms. The van der Waals surface area contributed by atoms with E-state index in [2.05, 4.69) is 0 Å². The third-order valence-electron chi connectivity index (χ3n) is 1.66. The predicted octanol–water partition coefficient (Wildman–Crippen LogP) is -2.44. The Kier molecular flexibility index (Phi) is 5.10. The molecule has 0 saturated carbocycles. The van der Waals surface area contributed by atoms with Crippen LogP contribution in [0, 0.1) is 5.92 Å². The summed E-state index contributed by atoms with van der Waals surface area (Å²) >= 11 is 0. The average Bonchev–Trinajstić information content (AvgIpc) is 1.65. The van der Waals surface area contributed by atoms with E-state index in [0.717, 1.165) is 0 Å². The number of hydrogen-bond donors (Lipinski definition) is 2. The second kappa shape index (κ2) is 4.02. The van der Waals surface area contributed by atoms with Crippen molar-refractivity contribution in [3.63, 3.8) is 0 Å². The van der Waals surface area contributed by atoms with Crippen LogP contribution in [0.1, 0.15) is 22.2 Å². The van der Waals surface area contributed by atoms with Crippen molar-refractivity contribution in [1.29, 1.82) is 0 Å². The number of carbonyl (C=O) groups is 1. The molecule has 0 saturated heterocycles. The van der Waals surface area contributed by atoms with Crippen LogP contribution < -0.4 is 24.6 Å². The summed E-state index contributed by atoms with van der Waals surface area (Å²) in [7, 11) is 0. The number of hydrogen-bond acceptors (Lipinski definition) is 2. The van der Waals surface area contributed by atoms with Gasteiger partial charge >= 0.3 is 24.8 Å². The zero-order valence-corrected chi connectivity index (χ0v) is 7.01. The van der Waals surface area contributed by atoms with E-state index in [9.17, 15) is 4.79 Å². The second-order valence-corrected chi connectivity index (χ2v) is 2.74. The smallest absolute Gasteiger partial charge is 1.00 e. The Labute approximate surface area is 74.6 Å². The number of carboxylic acids is 1. The molecule has 10 heavy (non-hydrogen) atoms. The minimum absolute atomic E-state index is 0. The van der Waals surface area contributed by atoms with E-state index in [1.165, 1.54) is 6.92 Å². The molecule has 0 radical (unpaired) electrons. The molecule has 56 valence electrons. The van der Waals surface area contributed by atoms with Crippen LogP contribution in [0.2, 0.25) is 0 Å². The van der Waals surface area contributed by atoms with E-state index in [1.54, 1.807) is 13.8 Å². The summed E-state index contributed by atoms with van der Waals surface area (Å²) in [5, 5.41) is 8.49. The summed E-state index contributed by atoms with van der Waals surface area (Å²) in [5.74, 6) is -0.979. The van der Waals surface area contributed by atoms with Gasteiger partial charge in [-0.2, -0.15) is 0 Å². The van der Waals surface area contributed by atoms with Crippen LogP contribution in [0.3, 0.4) is 0 Å². The first-order valence-electron chi connectivity index (χ1n) is 2.91. The zero-order valence-electron chi connectivity index (χ0n) is 8.01. The molecule has 0 aromatic rings. The van der Waals surface area contributed by atoms with E-state index in [4.69, 9.17) is 10.8 Å². The van der Waals surface area contributed by atoms with Gasteiger partial charge in [-0.15, -0.1) is 0 Å². The summed E-state index contributed by atoms with van der Waals surface area (Å²) < 4.78 is 0. The standard InChI is InChI=1S/C6H13NO2.Li.H/c1-4(2)6(3,7)5(8)9;;/h4H,7H2,1-3H3,(H,8,9);;/q;+1;-1. The number of carboxylic acid groups (broad SMARTS) is 1. The molecule has 0 aliphatic rings. The van der Waals surface area contributed by atoms with Crippen molar-refractivity contribution >= 4 is 5.97 Å². The molecule has 0 aromatic heterocycles. The Hall–Kier alpha value is 0.0274. The topological polar surface area (TPSA) is 63.3 Å². The van der Waals surface area contributed by atoms with Crippen LogP contribution in [0.5, 0.6) is 0 Å². The Balaban J connectivity index is -0.000000320. The van der Waals surface area contributed by atoms with Gasteiger partial charge in [0.15, 0.2) is 0 Å². The van der Waals surface area contributed by atoms with Crippen LogP contribution in [-0.4, -0.2) is 16.6 Å². The van der Waals surface area contributed by atoms with Crippen molar-refractivity contribution in [3.8, 4) is 0 Å². The van der Waals surface area contributed by atoms with Gasteiger partial charge in [0.1, 0.15) is 5.54 Å². The maximum Gasteiger partial charge on any atom is 1.00 e. The maximum absolute atomic E-state index is 10.3. The zero-order chi connectivity index (χ0) is 7.65. The Morgan fingerprint density at radius 2 is 2.00 bits per heavy atom. The molecular formula is C6H14LiNO2. The summed E-state index contributed by atoms with van der Waals surface area (Å²) in [6, 6.07) is 0. The first kappa shape index (κ1) is 12.7. The number of rotatable bonds is 2. The predicted molar refractivity (Wildman–Crippen MR) is 36.2 cm³/mol. The van der Waals surface area contributed by atoms with Gasteiger partial charge in [0.25, 0.3) is 0 Å².